The monoisotopic (exact) mass is 238 g/mol. The second-order valence-electron chi connectivity index (χ2n) is 4.32. The van der Waals surface area contributed by atoms with Crippen LogP contribution >= 0.6 is 0 Å². The Bertz CT molecular complexity index is 659. The first-order valence-electron chi connectivity index (χ1n) is 5.95. The van der Waals surface area contributed by atoms with E-state index in [0.717, 1.165) is 28.7 Å². The third kappa shape index (κ3) is 2.00. The number of pyridine rings is 1. The molecule has 0 saturated heterocycles. The van der Waals surface area contributed by atoms with Crippen LogP contribution in [0.15, 0.2) is 54.9 Å². The fourth-order valence-corrected chi connectivity index (χ4v) is 2.15. The molecular weight excluding hydrogens is 224 g/mol. The van der Waals surface area contributed by atoms with E-state index in [1.807, 2.05) is 42.6 Å². The molecule has 0 fully saturated rings. The van der Waals surface area contributed by atoms with Gasteiger partial charge in [-0.05, 0) is 41.3 Å². The molecule has 0 aliphatic heterocycles. The highest BCUT2D eigenvalue weighted by Gasteiger charge is 2.03. The molecule has 0 aliphatic carbocycles. The van der Waals surface area contributed by atoms with Gasteiger partial charge in [0.25, 0.3) is 0 Å². The summed E-state index contributed by atoms with van der Waals surface area (Å²) in [5.41, 5.74) is 3.15. The molecule has 0 amide bonds. The first kappa shape index (κ1) is 11.0. The fourth-order valence-electron chi connectivity index (χ4n) is 2.15. The minimum Gasteiger partial charge on any atom is -0.392 e. The molecule has 0 atom stereocenters. The largest absolute Gasteiger partial charge is 0.392 e. The van der Waals surface area contributed by atoms with Gasteiger partial charge in [-0.1, -0.05) is 12.1 Å². The van der Waals surface area contributed by atoms with Crippen LogP contribution in [0.25, 0.3) is 10.9 Å². The number of hydrogen-bond acceptors (Lipinski definition) is 2. The predicted molar refractivity (Wildman–Crippen MR) is 71.2 cm³/mol. The average Bonchev–Trinajstić information content (AvgIpc) is 2.82. The molecule has 3 aromatic rings. The Morgan fingerprint density at radius 2 is 2.06 bits per heavy atom. The van der Waals surface area contributed by atoms with Gasteiger partial charge in [0.2, 0.25) is 0 Å². The Hall–Kier alpha value is -2.13. The molecule has 2 heterocycles. The van der Waals surface area contributed by atoms with E-state index in [1.165, 1.54) is 0 Å². The van der Waals surface area contributed by atoms with Crippen molar-refractivity contribution < 1.29 is 5.11 Å². The van der Waals surface area contributed by atoms with Gasteiger partial charge >= 0.3 is 0 Å². The summed E-state index contributed by atoms with van der Waals surface area (Å²) < 4.78 is 2.17. The first-order valence-corrected chi connectivity index (χ1v) is 5.95. The van der Waals surface area contributed by atoms with Crippen LogP contribution in [0.1, 0.15) is 11.3 Å². The van der Waals surface area contributed by atoms with E-state index in [-0.39, 0.29) is 6.61 Å². The van der Waals surface area contributed by atoms with Gasteiger partial charge in [0.1, 0.15) is 0 Å². The van der Waals surface area contributed by atoms with Crippen LogP contribution in [0, 0.1) is 0 Å². The van der Waals surface area contributed by atoms with Gasteiger partial charge in [-0.3, -0.25) is 4.98 Å². The van der Waals surface area contributed by atoms with Crippen molar-refractivity contribution in [2.45, 2.75) is 13.2 Å². The maximum atomic E-state index is 9.12. The first-order chi connectivity index (χ1) is 8.86. The van der Waals surface area contributed by atoms with E-state index in [2.05, 4.69) is 21.8 Å². The van der Waals surface area contributed by atoms with E-state index in [4.69, 9.17) is 5.11 Å². The normalized spacial score (nSPS) is 10.9. The van der Waals surface area contributed by atoms with Gasteiger partial charge in [0, 0.05) is 17.9 Å². The molecule has 3 rings (SSSR count). The molecule has 0 aliphatic rings. The Balaban J connectivity index is 1.98. The number of aromatic nitrogens is 2. The third-order valence-electron chi connectivity index (χ3n) is 3.08. The van der Waals surface area contributed by atoms with Crippen LogP contribution in [0.4, 0.5) is 0 Å². The molecule has 90 valence electrons. The standard InChI is InChI=1S/C15H14N2O/c18-11-12-4-5-15-13(9-12)6-8-17(15)10-14-3-1-2-7-16-14/h1-9,18H,10-11H2. The van der Waals surface area contributed by atoms with Gasteiger partial charge in [0.15, 0.2) is 0 Å². The summed E-state index contributed by atoms with van der Waals surface area (Å²) in [5.74, 6) is 0. The molecule has 0 spiro atoms. The lowest BCUT2D eigenvalue weighted by molar-refractivity contribution is 0.282. The minimum absolute atomic E-state index is 0.0847. The highest BCUT2D eigenvalue weighted by Crippen LogP contribution is 2.18. The zero-order valence-corrected chi connectivity index (χ0v) is 9.95. The highest BCUT2D eigenvalue weighted by molar-refractivity contribution is 5.80. The molecule has 18 heavy (non-hydrogen) atoms. The van der Waals surface area contributed by atoms with Gasteiger partial charge in [-0.25, -0.2) is 0 Å². The summed E-state index contributed by atoms with van der Waals surface area (Å²) in [5, 5.41) is 10.3. The molecule has 1 aromatic carbocycles. The summed E-state index contributed by atoms with van der Waals surface area (Å²) in [6, 6.07) is 14.0. The van der Waals surface area contributed by atoms with Crippen LogP contribution in [0.3, 0.4) is 0 Å². The van der Waals surface area contributed by atoms with E-state index in [1.54, 1.807) is 0 Å². The van der Waals surface area contributed by atoms with Crippen molar-refractivity contribution in [1.82, 2.24) is 9.55 Å². The highest BCUT2D eigenvalue weighted by atomic mass is 16.3. The van der Waals surface area contributed by atoms with Crippen LogP contribution in [-0.4, -0.2) is 14.7 Å². The smallest absolute Gasteiger partial charge is 0.0682 e. The second-order valence-corrected chi connectivity index (χ2v) is 4.32. The number of benzene rings is 1. The fraction of sp³-hybridized carbons (Fsp3) is 0.133. The van der Waals surface area contributed by atoms with Crippen molar-refractivity contribution in [1.29, 1.82) is 0 Å². The molecule has 0 radical (unpaired) electrons. The number of hydrogen-bond donors (Lipinski definition) is 1. The minimum atomic E-state index is 0.0847. The molecule has 3 heteroatoms. The van der Waals surface area contributed by atoms with Crippen molar-refractivity contribution in [3.8, 4) is 0 Å². The summed E-state index contributed by atoms with van der Waals surface area (Å²) >= 11 is 0. The SMILES string of the molecule is OCc1ccc2c(ccn2Cc2ccccn2)c1. The molecule has 3 nitrogen and oxygen atoms in total. The Kier molecular flexibility index (Phi) is 2.82. The Morgan fingerprint density at radius 3 is 2.83 bits per heavy atom. The van der Waals surface area contributed by atoms with E-state index in [9.17, 15) is 0 Å². The predicted octanol–water partition coefficient (Wildman–Crippen LogP) is 2.58. The average molecular weight is 238 g/mol. The van der Waals surface area contributed by atoms with Crippen LogP contribution < -0.4 is 0 Å². The number of aliphatic hydroxyl groups excluding tert-OH is 1. The number of aliphatic hydroxyl groups is 1. The molecule has 2 aromatic heterocycles. The summed E-state index contributed by atoms with van der Waals surface area (Å²) in [7, 11) is 0. The molecular formula is C15H14N2O. The zero-order chi connectivity index (χ0) is 12.4. The molecule has 0 saturated carbocycles. The van der Waals surface area contributed by atoms with Crippen LogP contribution in [0.5, 0.6) is 0 Å². The zero-order valence-electron chi connectivity index (χ0n) is 9.95. The lowest BCUT2D eigenvalue weighted by atomic mass is 10.2. The quantitative estimate of drug-likeness (QED) is 0.761. The van der Waals surface area contributed by atoms with Crippen molar-refractivity contribution in [3.05, 3.63) is 66.1 Å². The van der Waals surface area contributed by atoms with E-state index in [0.29, 0.717) is 0 Å². The van der Waals surface area contributed by atoms with Crippen LogP contribution in [-0.2, 0) is 13.2 Å². The van der Waals surface area contributed by atoms with Gasteiger partial charge in [-0.2, -0.15) is 0 Å². The second kappa shape index (κ2) is 4.63. The number of rotatable bonds is 3. The third-order valence-corrected chi connectivity index (χ3v) is 3.08. The number of nitrogens with zero attached hydrogens (tertiary/aromatic N) is 2. The number of fused-ring (bicyclic) bond motifs is 1. The van der Waals surface area contributed by atoms with Gasteiger partial charge in [-0.15, -0.1) is 0 Å². The van der Waals surface area contributed by atoms with Crippen LogP contribution in [0.2, 0.25) is 0 Å². The Labute approximate surface area is 105 Å². The summed E-state index contributed by atoms with van der Waals surface area (Å²) in [4.78, 5) is 4.33. The lowest BCUT2D eigenvalue weighted by Crippen LogP contribution is -1.99. The Morgan fingerprint density at radius 1 is 1.11 bits per heavy atom. The summed E-state index contributed by atoms with van der Waals surface area (Å²) in [6.45, 7) is 0.851. The molecule has 0 bridgehead atoms. The maximum absolute atomic E-state index is 9.12. The van der Waals surface area contributed by atoms with Gasteiger partial charge in [0.05, 0.1) is 18.8 Å². The van der Waals surface area contributed by atoms with Crippen molar-refractivity contribution in [2.75, 3.05) is 0 Å². The summed E-state index contributed by atoms with van der Waals surface area (Å²) in [6.07, 6.45) is 3.87. The molecule has 1 N–H and O–H groups in total. The van der Waals surface area contributed by atoms with Crippen molar-refractivity contribution in [3.63, 3.8) is 0 Å². The maximum Gasteiger partial charge on any atom is 0.0682 e. The molecule has 0 unspecified atom stereocenters. The van der Waals surface area contributed by atoms with Crippen molar-refractivity contribution in [2.24, 2.45) is 0 Å². The van der Waals surface area contributed by atoms with Crippen molar-refractivity contribution >= 4 is 10.9 Å². The van der Waals surface area contributed by atoms with Gasteiger partial charge < -0.3 is 9.67 Å². The van der Waals surface area contributed by atoms with E-state index < -0.39 is 0 Å². The van der Waals surface area contributed by atoms with E-state index >= 15 is 0 Å². The lowest BCUT2D eigenvalue weighted by Gasteiger charge is -2.05. The topological polar surface area (TPSA) is 38.0 Å².